The molecule has 1 amide bonds. The minimum Gasteiger partial charge on any atom is -0.494 e. The lowest BCUT2D eigenvalue weighted by Crippen LogP contribution is -2.45. The molecule has 0 fully saturated rings. The topological polar surface area (TPSA) is 58.6 Å². The Balaban J connectivity index is 1.58. The van der Waals surface area contributed by atoms with Crippen LogP contribution in [0.4, 0.5) is 24.5 Å². The van der Waals surface area contributed by atoms with Crippen molar-refractivity contribution in [3.8, 4) is 5.75 Å². The second-order valence-electron chi connectivity index (χ2n) is 9.82. The van der Waals surface area contributed by atoms with Gasteiger partial charge in [-0.05, 0) is 54.2 Å². The number of nitrogens with zero attached hydrogens (tertiary/aromatic N) is 1. The van der Waals surface area contributed by atoms with Crippen molar-refractivity contribution in [3.63, 3.8) is 0 Å². The van der Waals surface area contributed by atoms with Gasteiger partial charge in [-0.3, -0.25) is 14.5 Å². The van der Waals surface area contributed by atoms with E-state index in [1.165, 1.54) is 6.07 Å². The van der Waals surface area contributed by atoms with Gasteiger partial charge >= 0.3 is 12.1 Å². The van der Waals surface area contributed by atoms with Crippen LogP contribution in [0.15, 0.2) is 90.1 Å². The van der Waals surface area contributed by atoms with Crippen molar-refractivity contribution in [1.29, 1.82) is 0 Å². The van der Waals surface area contributed by atoms with E-state index < -0.39 is 18.1 Å². The number of hydrogen-bond donors (Lipinski definition) is 1. The maximum atomic E-state index is 14.0. The largest absolute Gasteiger partial charge is 0.494 e. The van der Waals surface area contributed by atoms with Crippen LogP contribution in [0.5, 0.6) is 5.75 Å². The number of amides is 1. The third kappa shape index (κ3) is 5.41. The summed E-state index contributed by atoms with van der Waals surface area (Å²) in [6, 6.07) is 21.2. The molecule has 3 aromatic carbocycles. The Morgan fingerprint density at radius 2 is 1.64 bits per heavy atom. The predicted octanol–water partition coefficient (Wildman–Crippen LogP) is 7.33. The van der Waals surface area contributed by atoms with Gasteiger partial charge in [-0.25, -0.2) is 0 Å². The summed E-state index contributed by atoms with van der Waals surface area (Å²) in [4.78, 5) is 27.5. The lowest BCUT2D eigenvalue weighted by atomic mass is 9.78. The van der Waals surface area contributed by atoms with Crippen LogP contribution in [0.3, 0.4) is 0 Å². The molecular weight excluding hydrogens is 505 g/mol. The highest BCUT2D eigenvalue weighted by Gasteiger charge is 2.49. The van der Waals surface area contributed by atoms with E-state index in [-0.39, 0.29) is 29.4 Å². The van der Waals surface area contributed by atoms with E-state index in [0.29, 0.717) is 30.0 Å². The fraction of sp³-hybridized carbons (Fsp3) is 0.290. The maximum Gasteiger partial charge on any atom is 0.471 e. The number of allylic oxidation sites excluding steroid dienone is 1. The number of hydrogen-bond acceptors (Lipinski definition) is 4. The molecule has 0 saturated heterocycles. The first-order chi connectivity index (χ1) is 18.8. The number of ketones is 1. The van der Waals surface area contributed by atoms with Crippen LogP contribution in [0.1, 0.15) is 55.7 Å². The zero-order chi connectivity index (χ0) is 27.6. The van der Waals surface area contributed by atoms with Crippen molar-refractivity contribution in [2.24, 2.45) is 0 Å². The first-order valence-electron chi connectivity index (χ1n) is 13.1. The van der Waals surface area contributed by atoms with E-state index in [1.807, 2.05) is 24.3 Å². The van der Waals surface area contributed by atoms with Gasteiger partial charge in [0.1, 0.15) is 5.75 Å². The summed E-state index contributed by atoms with van der Waals surface area (Å²) in [5.41, 5.74) is 2.50. The van der Waals surface area contributed by atoms with E-state index in [1.54, 1.807) is 48.5 Å². The molecule has 2 atom stereocenters. The van der Waals surface area contributed by atoms with E-state index in [0.717, 1.165) is 29.1 Å². The van der Waals surface area contributed by atoms with Gasteiger partial charge in [-0.15, -0.1) is 0 Å². The number of benzene rings is 3. The van der Waals surface area contributed by atoms with Crippen molar-refractivity contribution in [2.45, 2.75) is 50.7 Å². The highest BCUT2D eigenvalue weighted by atomic mass is 19.4. The maximum absolute atomic E-state index is 14.0. The molecule has 8 heteroatoms. The molecule has 5 nitrogen and oxygen atoms in total. The highest BCUT2D eigenvalue weighted by Crippen LogP contribution is 2.48. The van der Waals surface area contributed by atoms with Gasteiger partial charge in [0.2, 0.25) is 0 Å². The van der Waals surface area contributed by atoms with Gasteiger partial charge in [0, 0.05) is 17.7 Å². The third-order valence-corrected chi connectivity index (χ3v) is 7.18. The van der Waals surface area contributed by atoms with Gasteiger partial charge in [0.25, 0.3) is 0 Å². The smallest absolute Gasteiger partial charge is 0.471 e. The number of rotatable bonds is 6. The second kappa shape index (κ2) is 11.0. The summed E-state index contributed by atoms with van der Waals surface area (Å²) < 4.78 is 47.6. The van der Waals surface area contributed by atoms with Crippen LogP contribution in [0.25, 0.3) is 0 Å². The molecule has 0 bridgehead atoms. The van der Waals surface area contributed by atoms with Crippen molar-refractivity contribution < 1.29 is 27.5 Å². The van der Waals surface area contributed by atoms with Crippen LogP contribution >= 0.6 is 0 Å². The molecule has 1 aliphatic heterocycles. The lowest BCUT2D eigenvalue weighted by molar-refractivity contribution is -0.170. The zero-order valence-corrected chi connectivity index (χ0v) is 21.5. The molecule has 5 rings (SSSR count). The van der Waals surface area contributed by atoms with Crippen LogP contribution in [0.2, 0.25) is 0 Å². The Labute approximate surface area is 225 Å². The Kier molecular flexibility index (Phi) is 7.46. The summed E-state index contributed by atoms with van der Waals surface area (Å²) >= 11 is 0. The van der Waals surface area contributed by atoms with E-state index in [4.69, 9.17) is 4.74 Å². The number of halogens is 3. The predicted molar refractivity (Wildman–Crippen MR) is 144 cm³/mol. The molecule has 0 aromatic heterocycles. The molecule has 1 N–H and O–H groups in total. The van der Waals surface area contributed by atoms with Gasteiger partial charge in [0.05, 0.1) is 24.0 Å². The normalized spacial score (nSPS) is 19.1. The number of nitrogens with one attached hydrogen (secondary N) is 1. The number of carbonyl (C=O) groups excluding carboxylic acids is 2. The van der Waals surface area contributed by atoms with Crippen LogP contribution < -0.4 is 15.0 Å². The summed E-state index contributed by atoms with van der Waals surface area (Å²) in [7, 11) is 0. The van der Waals surface area contributed by atoms with Crippen LogP contribution in [-0.4, -0.2) is 24.5 Å². The Morgan fingerprint density at radius 1 is 0.949 bits per heavy atom. The van der Waals surface area contributed by atoms with Gasteiger partial charge < -0.3 is 10.1 Å². The zero-order valence-electron chi connectivity index (χ0n) is 21.5. The Bertz CT molecular complexity index is 1380. The Hall–Kier alpha value is -4.07. The highest BCUT2D eigenvalue weighted by molar-refractivity contribution is 6.07. The molecule has 3 aromatic rings. The number of para-hydroxylation sites is 2. The van der Waals surface area contributed by atoms with Crippen molar-refractivity contribution in [1.82, 2.24) is 0 Å². The number of Topliss-reactive ketones (excluding diaryl/α,β-unsaturated/α-hetero) is 1. The fourth-order valence-electron chi connectivity index (χ4n) is 5.31. The van der Waals surface area contributed by atoms with E-state index in [9.17, 15) is 22.8 Å². The van der Waals surface area contributed by atoms with Crippen molar-refractivity contribution >= 4 is 23.1 Å². The van der Waals surface area contributed by atoms with Crippen molar-refractivity contribution in [3.05, 3.63) is 101 Å². The molecule has 0 saturated carbocycles. The van der Waals surface area contributed by atoms with Gasteiger partial charge in [-0.2, -0.15) is 13.2 Å². The SMILES string of the molecule is CCCCOc1ccc([C@H]2CC(=O)C3=C(C2)Nc2ccccc2N(C(=O)C(F)(F)F)[C@H]3c2ccccc2)cc1. The van der Waals surface area contributed by atoms with Crippen LogP contribution in [-0.2, 0) is 9.59 Å². The first-order valence-corrected chi connectivity index (χ1v) is 13.1. The standard InChI is InChI=1S/C31H29F3N2O3/c1-2-3-17-39-23-15-13-20(14-16-23)22-18-25-28(27(37)19-22)29(21-9-5-4-6-10-21)36(30(38)31(32,33)34)26-12-8-7-11-24(26)35-25/h4-16,22,29,35H,2-3,17-19H2,1H3/t22-,29+/m1/s1. The third-order valence-electron chi connectivity index (χ3n) is 7.18. The number of anilines is 2. The van der Waals surface area contributed by atoms with E-state index >= 15 is 0 Å². The number of unbranched alkanes of at least 4 members (excludes halogenated alkanes) is 1. The number of ether oxygens (including phenoxy) is 1. The average Bonchev–Trinajstić information content (AvgIpc) is 3.07. The summed E-state index contributed by atoms with van der Waals surface area (Å²) in [5.74, 6) is -1.74. The molecule has 0 radical (unpaired) electrons. The number of fused-ring (bicyclic) bond motifs is 1. The Morgan fingerprint density at radius 3 is 2.33 bits per heavy atom. The van der Waals surface area contributed by atoms with Crippen molar-refractivity contribution in [2.75, 3.05) is 16.8 Å². The molecule has 0 unspecified atom stereocenters. The van der Waals surface area contributed by atoms with Gasteiger partial charge in [0.15, 0.2) is 5.78 Å². The molecule has 202 valence electrons. The molecule has 1 aliphatic carbocycles. The minimum absolute atomic E-state index is 0.0704. The van der Waals surface area contributed by atoms with E-state index in [2.05, 4.69) is 12.2 Å². The molecular formula is C31H29F3N2O3. The monoisotopic (exact) mass is 534 g/mol. The first kappa shape index (κ1) is 26.5. The molecule has 1 heterocycles. The van der Waals surface area contributed by atoms with Gasteiger partial charge in [-0.1, -0.05) is 67.9 Å². The average molecular weight is 535 g/mol. The molecule has 2 aliphatic rings. The summed E-state index contributed by atoms with van der Waals surface area (Å²) in [5, 5.41) is 3.25. The minimum atomic E-state index is -5.13. The van der Waals surface area contributed by atoms with Crippen LogP contribution in [0, 0.1) is 0 Å². The second-order valence-corrected chi connectivity index (χ2v) is 9.82. The number of carbonyl (C=O) groups is 2. The molecule has 0 spiro atoms. The molecule has 39 heavy (non-hydrogen) atoms. The number of alkyl halides is 3. The summed E-state index contributed by atoms with van der Waals surface area (Å²) in [6.07, 6.45) is -2.62. The quantitative estimate of drug-likeness (QED) is 0.337. The summed E-state index contributed by atoms with van der Waals surface area (Å²) in [6.45, 7) is 2.72. The lowest BCUT2D eigenvalue weighted by Gasteiger charge is -2.35. The fourth-order valence-corrected chi connectivity index (χ4v) is 5.31.